The van der Waals surface area contributed by atoms with Gasteiger partial charge in [0.25, 0.3) is 5.91 Å². The van der Waals surface area contributed by atoms with Crippen LogP contribution in [0.4, 0.5) is 17.2 Å². The van der Waals surface area contributed by atoms with Crippen LogP contribution < -0.4 is 114 Å². The number of nitrogens with zero attached hydrogens (tertiary/aromatic N) is 3. The van der Waals surface area contributed by atoms with Gasteiger partial charge in [-0.1, -0.05) is 108 Å². The number of unbranched alkanes of at least 4 members (excludes halogenated alkanes) is 12. The summed E-state index contributed by atoms with van der Waals surface area (Å²) in [7, 11) is -10.6. The number of aryl methyl sites for hydroxylation is 1. The second kappa shape index (κ2) is 24.5. The van der Waals surface area contributed by atoms with E-state index in [0.717, 1.165) is 35.9 Å². The first-order chi connectivity index (χ1) is 25.3. The van der Waals surface area contributed by atoms with Crippen molar-refractivity contribution in [2.24, 2.45) is 10.2 Å². The molecular formula is C37H45K2N5O9S2. The van der Waals surface area contributed by atoms with Crippen LogP contribution in [0.3, 0.4) is 0 Å². The molecule has 1 aromatic heterocycles. The third-order valence-electron chi connectivity index (χ3n) is 8.71. The predicted molar refractivity (Wildman–Crippen MR) is 198 cm³/mol. The van der Waals surface area contributed by atoms with Gasteiger partial charge in [-0.3, -0.25) is 14.7 Å². The first-order valence-electron chi connectivity index (χ1n) is 17.8. The van der Waals surface area contributed by atoms with Gasteiger partial charge in [-0.2, -0.15) is 0 Å². The van der Waals surface area contributed by atoms with Crippen molar-refractivity contribution in [3.8, 4) is 11.4 Å². The third kappa shape index (κ3) is 16.1. The van der Waals surface area contributed by atoms with Gasteiger partial charge in [0.2, 0.25) is 0 Å². The Morgan fingerprint density at radius 1 is 0.745 bits per heavy atom. The molecular weight excluding hydrogens is 801 g/mol. The summed E-state index contributed by atoms with van der Waals surface area (Å²) in [6, 6.07) is 14.7. The van der Waals surface area contributed by atoms with Gasteiger partial charge in [0.1, 0.15) is 31.7 Å². The first kappa shape index (κ1) is 49.8. The summed E-state index contributed by atoms with van der Waals surface area (Å²) in [5.41, 5.74) is -0.582. The minimum atomic E-state index is -5.28. The molecule has 3 N–H and O–H groups in total. The summed E-state index contributed by atoms with van der Waals surface area (Å²) in [5.74, 6) is -1.70. The molecule has 14 nitrogen and oxygen atoms in total. The fourth-order valence-electron chi connectivity index (χ4n) is 5.80. The van der Waals surface area contributed by atoms with Crippen LogP contribution in [-0.2, 0) is 26.7 Å². The second-order valence-corrected chi connectivity index (χ2v) is 15.6. The van der Waals surface area contributed by atoms with Gasteiger partial charge in [-0.05, 0) is 60.9 Å². The first-order valence-corrected chi connectivity index (χ1v) is 20.6. The van der Waals surface area contributed by atoms with Crippen LogP contribution >= 0.6 is 0 Å². The normalized spacial score (nSPS) is 11.6. The molecule has 3 aromatic carbocycles. The number of carbonyl (C=O) groups is 1. The minimum absolute atomic E-state index is 0. The molecule has 0 saturated carbocycles. The number of H-pyrrole nitrogens is 1. The van der Waals surface area contributed by atoms with E-state index in [1.807, 2.05) is 0 Å². The van der Waals surface area contributed by atoms with Crippen LogP contribution in [-0.4, -0.2) is 46.7 Å². The average Bonchev–Trinajstić information content (AvgIpc) is 3.43. The second-order valence-electron chi connectivity index (χ2n) is 12.9. The van der Waals surface area contributed by atoms with Gasteiger partial charge in [-0.25, -0.2) is 21.5 Å². The van der Waals surface area contributed by atoms with Crippen molar-refractivity contribution in [2.45, 2.75) is 107 Å². The molecule has 0 unspecified atom stereocenters. The number of carbonyl (C=O) groups excluding carboxylic acids is 1. The summed E-state index contributed by atoms with van der Waals surface area (Å²) < 4.78 is 70.9. The maximum Gasteiger partial charge on any atom is 1.00 e. The Balaban J connectivity index is 0.00000523. The smallest absolute Gasteiger partial charge is 0.744 e. The number of phenolic OH excluding ortho intramolecular Hbond substituents is 1. The van der Waals surface area contributed by atoms with Gasteiger partial charge in [-0.15, -0.1) is 10.2 Å². The summed E-state index contributed by atoms with van der Waals surface area (Å²) in [6.45, 7) is 2.23. The molecule has 0 radical (unpaired) electrons. The number of rotatable bonds is 21. The molecule has 0 spiro atoms. The van der Waals surface area contributed by atoms with Crippen molar-refractivity contribution in [2.75, 3.05) is 5.32 Å². The van der Waals surface area contributed by atoms with Crippen molar-refractivity contribution in [3.05, 3.63) is 88.2 Å². The number of hydrogen-bond donors (Lipinski definition) is 3. The van der Waals surface area contributed by atoms with Crippen LogP contribution in [0.15, 0.2) is 91.5 Å². The minimum Gasteiger partial charge on any atom is -0.744 e. The maximum absolute atomic E-state index is 13.5. The number of nitrogens with one attached hydrogen (secondary N) is 2. The molecule has 4 rings (SSSR count). The van der Waals surface area contributed by atoms with Crippen LogP contribution in [0.25, 0.3) is 5.69 Å². The Bertz CT molecular complexity index is 2110. The summed E-state index contributed by atoms with van der Waals surface area (Å²) in [5, 5.41) is 23.7. The number of para-hydroxylation sites is 1. The number of azo groups is 1. The third-order valence-corrected chi connectivity index (χ3v) is 10.3. The molecule has 0 saturated heterocycles. The number of amides is 1. The van der Waals surface area contributed by atoms with E-state index in [9.17, 15) is 40.6 Å². The van der Waals surface area contributed by atoms with Crippen molar-refractivity contribution in [1.29, 1.82) is 0 Å². The molecule has 0 aliphatic rings. The number of phenols is 1. The topological polar surface area (TPSA) is 226 Å². The molecule has 1 amide bonds. The largest absolute Gasteiger partial charge is 1.00 e. The Morgan fingerprint density at radius 3 is 1.78 bits per heavy atom. The zero-order valence-electron chi connectivity index (χ0n) is 31.6. The van der Waals surface area contributed by atoms with Crippen LogP contribution in [0, 0.1) is 0 Å². The Morgan fingerprint density at radius 2 is 1.27 bits per heavy atom. The Hall–Kier alpha value is -1.37. The van der Waals surface area contributed by atoms with Gasteiger partial charge >= 0.3 is 108 Å². The number of aromatic hydroxyl groups is 1. The SMILES string of the molecule is CCCCCCCCCCCCCCCc1ccc(N=Nc2c(NC(=O)c3cc(S(=O)(=O)[O-])cc(S(=O)(=O)[O-])c3)[nH]n(-c3ccccc3)c2=O)c(O)c1.[K+].[K+]. The van der Waals surface area contributed by atoms with E-state index in [1.54, 1.807) is 48.5 Å². The van der Waals surface area contributed by atoms with E-state index in [0.29, 0.717) is 23.9 Å². The zero-order chi connectivity index (χ0) is 38.4. The Labute approximate surface area is 407 Å². The van der Waals surface area contributed by atoms with Gasteiger partial charge < -0.3 is 19.5 Å². The van der Waals surface area contributed by atoms with Crippen LogP contribution in [0.1, 0.15) is 106 Å². The van der Waals surface area contributed by atoms with Crippen molar-refractivity contribution >= 4 is 43.3 Å². The molecule has 0 aliphatic carbocycles. The van der Waals surface area contributed by atoms with E-state index < -0.39 is 52.7 Å². The fourth-order valence-corrected chi connectivity index (χ4v) is 6.96. The molecule has 0 atom stereocenters. The average molecular weight is 846 g/mol. The maximum atomic E-state index is 13.5. The van der Waals surface area contributed by atoms with Gasteiger partial charge in [0, 0.05) is 5.56 Å². The van der Waals surface area contributed by atoms with E-state index in [1.165, 1.54) is 64.2 Å². The van der Waals surface area contributed by atoms with Crippen molar-refractivity contribution < 1.29 is 139 Å². The molecule has 1 heterocycles. The Kier molecular flexibility index (Phi) is 22.2. The van der Waals surface area contributed by atoms with Gasteiger partial charge in [0.05, 0.1) is 15.5 Å². The summed E-state index contributed by atoms with van der Waals surface area (Å²) >= 11 is 0. The standard InChI is InChI=1S/C37H47N5O9S2.2K/c1-2-3-4-5-6-7-8-9-10-11-12-13-15-18-27-21-22-32(33(43)23-27)39-40-34-35(41-42(37(34)45)29-19-16-14-17-20-29)38-36(44)28-24-30(52(46,47)48)26-31(25-28)53(49,50)51;;/h14,16-17,19-26,41,43H,2-13,15,18H2,1H3,(H,38,44)(H,46,47,48)(H,49,50,51);;/q;2*+1/p-2. The monoisotopic (exact) mass is 845 g/mol. The number of aromatic amines is 1. The number of hydrogen-bond acceptors (Lipinski definition) is 11. The number of aromatic nitrogens is 2. The molecule has 4 aromatic rings. The van der Waals surface area contributed by atoms with Crippen LogP contribution in [0.2, 0.25) is 0 Å². The molecule has 55 heavy (non-hydrogen) atoms. The van der Waals surface area contributed by atoms with Gasteiger partial charge in [0.15, 0.2) is 11.5 Å². The van der Waals surface area contributed by atoms with Crippen molar-refractivity contribution in [3.63, 3.8) is 0 Å². The van der Waals surface area contributed by atoms with Crippen molar-refractivity contribution in [1.82, 2.24) is 9.78 Å². The fraction of sp³-hybridized carbons (Fsp3) is 0.405. The number of anilines is 1. The zero-order valence-corrected chi connectivity index (χ0v) is 39.5. The predicted octanol–water partition coefficient (Wildman–Crippen LogP) is 1.99. The summed E-state index contributed by atoms with van der Waals surface area (Å²) in [6.07, 6.45) is 17.0. The van der Waals surface area contributed by atoms with Crippen LogP contribution in [0.5, 0.6) is 5.75 Å². The molecule has 0 aliphatic heterocycles. The quantitative estimate of drug-likeness (QED) is 0.0482. The molecule has 18 heteroatoms. The number of benzene rings is 3. The molecule has 0 bridgehead atoms. The molecule has 286 valence electrons. The molecule has 0 fully saturated rings. The summed E-state index contributed by atoms with van der Waals surface area (Å²) in [4.78, 5) is 24.5. The van der Waals surface area contributed by atoms with E-state index in [2.05, 4.69) is 27.6 Å². The van der Waals surface area contributed by atoms with E-state index in [4.69, 9.17) is 0 Å². The van der Waals surface area contributed by atoms with E-state index >= 15 is 0 Å². The van der Waals surface area contributed by atoms with E-state index in [-0.39, 0.29) is 120 Å².